The number of carboxylic acid groups (broad SMARTS) is 2. The fourth-order valence-corrected chi connectivity index (χ4v) is 21.3. The zero-order valence-electron chi connectivity index (χ0n) is 49.6. The normalized spacial score (nSPS) is 40.5. The number of hydrogen-bond acceptors (Lipinski definition) is 4. The lowest BCUT2D eigenvalue weighted by molar-refractivity contribution is -0.145. The molecule has 10 atom stereocenters. The fraction of sp³-hybridized carbons (Fsp3) is 0.971. The van der Waals surface area contributed by atoms with Gasteiger partial charge in [-0.15, -0.1) is 0 Å². The van der Waals surface area contributed by atoms with E-state index in [2.05, 4.69) is 37.5 Å². The number of rotatable bonds is 24. The molecule has 0 amide bonds. The number of unbranched alkanes of at least 4 members (excludes halogenated alkanes) is 10. The van der Waals surface area contributed by atoms with Crippen LogP contribution in [0.4, 0.5) is 0 Å². The molecule has 10 unspecified atom stereocenters. The Morgan fingerprint density at radius 1 is 0.373 bits per heavy atom. The second kappa shape index (κ2) is 28.5. The zero-order chi connectivity index (χ0) is 52.3. The van der Waals surface area contributed by atoms with Crippen LogP contribution in [0.2, 0.25) is 0 Å². The van der Waals surface area contributed by atoms with E-state index < -0.39 is 11.9 Å². The van der Waals surface area contributed by atoms with Crippen LogP contribution < -0.4 is 0 Å². The smallest absolute Gasteiger partial charge is 0.306 e. The van der Waals surface area contributed by atoms with Crippen molar-refractivity contribution in [3.05, 3.63) is 0 Å². The summed E-state index contributed by atoms with van der Waals surface area (Å²) in [6, 6.07) is 3.51. The molecule has 9 rings (SSSR count). The number of nitrogens with zero attached hydrogens (tertiary/aromatic N) is 2. The van der Waals surface area contributed by atoms with Crippen molar-refractivity contribution >= 4 is 11.9 Å². The molecule has 0 spiro atoms. The predicted octanol–water partition coefficient (Wildman–Crippen LogP) is 18.7. The topological polar surface area (TPSA) is 81.1 Å². The second-order valence-corrected chi connectivity index (χ2v) is 29.5. The molecule has 6 heteroatoms. The first-order chi connectivity index (χ1) is 36.6. The third-order valence-corrected chi connectivity index (χ3v) is 25.2. The molecular formula is C69H120N2O4. The summed E-state index contributed by atoms with van der Waals surface area (Å²) in [5.41, 5.74) is 0.614. The Balaban J connectivity index is 0.834. The Labute approximate surface area is 462 Å². The van der Waals surface area contributed by atoms with Crippen LogP contribution in [0.15, 0.2) is 0 Å². The van der Waals surface area contributed by atoms with Crippen LogP contribution in [-0.4, -0.2) is 68.2 Å². The minimum Gasteiger partial charge on any atom is -0.481 e. The average Bonchev–Trinajstić information content (AvgIpc) is 3.69. The molecule has 0 aromatic heterocycles. The van der Waals surface area contributed by atoms with Crippen molar-refractivity contribution in [1.82, 2.24) is 9.80 Å². The van der Waals surface area contributed by atoms with E-state index in [4.69, 9.17) is 0 Å². The Kier molecular flexibility index (Phi) is 22.2. The highest BCUT2D eigenvalue weighted by Gasteiger charge is 2.61. The Hall–Kier alpha value is -1.14. The number of hydrogen-bond donors (Lipinski definition) is 2. The van der Waals surface area contributed by atoms with Crippen molar-refractivity contribution in [2.45, 2.75) is 346 Å². The van der Waals surface area contributed by atoms with Gasteiger partial charge in [0.2, 0.25) is 0 Å². The predicted molar refractivity (Wildman–Crippen MR) is 312 cm³/mol. The summed E-state index contributed by atoms with van der Waals surface area (Å²) in [6.45, 7) is 9.81. The van der Waals surface area contributed by atoms with Gasteiger partial charge in [-0.25, -0.2) is 0 Å². The van der Waals surface area contributed by atoms with Gasteiger partial charge < -0.3 is 10.2 Å². The number of fused-ring (bicyclic) bond motifs is 3. The molecule has 75 heavy (non-hydrogen) atoms. The van der Waals surface area contributed by atoms with E-state index in [0.29, 0.717) is 41.7 Å². The van der Waals surface area contributed by atoms with Crippen molar-refractivity contribution in [3.8, 4) is 0 Å². The van der Waals surface area contributed by atoms with Gasteiger partial charge in [0.15, 0.2) is 0 Å². The number of aliphatic carboxylic acids is 2. The van der Waals surface area contributed by atoms with Crippen molar-refractivity contribution in [3.63, 3.8) is 0 Å². The van der Waals surface area contributed by atoms with Crippen molar-refractivity contribution in [2.75, 3.05) is 0 Å². The molecule has 6 nitrogen and oxygen atoms in total. The zero-order valence-corrected chi connectivity index (χ0v) is 49.6. The third-order valence-electron chi connectivity index (χ3n) is 25.2. The molecule has 2 N–H and O–H groups in total. The van der Waals surface area contributed by atoms with Gasteiger partial charge in [-0.3, -0.25) is 19.4 Å². The molecule has 9 aliphatic carbocycles. The van der Waals surface area contributed by atoms with Crippen molar-refractivity contribution in [2.24, 2.45) is 76.4 Å². The van der Waals surface area contributed by atoms with Crippen LogP contribution in [0, 0.1) is 76.4 Å². The van der Waals surface area contributed by atoms with Gasteiger partial charge in [0.05, 0.1) is 11.8 Å². The molecule has 9 saturated carbocycles. The molecular weight excluding hydrogens is 921 g/mol. The SMILES string of the molecule is CCCCCCCCC1(CCCCCCCC)C2CC(C)CCC2C2CCC(C3CCC(N(C4CCC(C5CCC(N(C6CCC(C)CC6)C6CCCC(C(=O)O)C6)CC5)CC4)C4CCCC(C(=O)O)C4)CC3)CC21. The van der Waals surface area contributed by atoms with Gasteiger partial charge >= 0.3 is 11.9 Å². The molecule has 0 aromatic rings. The molecule has 0 radical (unpaired) electrons. The van der Waals surface area contributed by atoms with Crippen LogP contribution in [0.5, 0.6) is 0 Å². The van der Waals surface area contributed by atoms with Gasteiger partial charge in [-0.1, -0.05) is 124 Å². The summed E-state index contributed by atoms with van der Waals surface area (Å²) in [6.07, 6.45) is 59.4. The van der Waals surface area contributed by atoms with Crippen LogP contribution in [0.3, 0.4) is 0 Å². The lowest BCUT2D eigenvalue weighted by Crippen LogP contribution is -2.54. The van der Waals surface area contributed by atoms with E-state index in [1.165, 1.54) is 212 Å². The van der Waals surface area contributed by atoms with Gasteiger partial charge in [0.25, 0.3) is 0 Å². The monoisotopic (exact) mass is 1040 g/mol. The first-order valence-electron chi connectivity index (χ1n) is 34.6. The summed E-state index contributed by atoms with van der Waals surface area (Å²) in [7, 11) is 0. The quantitative estimate of drug-likeness (QED) is 0.0938. The Morgan fingerprint density at radius 2 is 0.733 bits per heavy atom. The molecule has 0 heterocycles. The molecule has 0 bridgehead atoms. The van der Waals surface area contributed by atoms with E-state index >= 15 is 0 Å². The van der Waals surface area contributed by atoms with Crippen LogP contribution >= 0.6 is 0 Å². The largest absolute Gasteiger partial charge is 0.481 e. The summed E-state index contributed by atoms with van der Waals surface area (Å²) >= 11 is 0. The average molecular weight is 1040 g/mol. The molecule has 430 valence electrons. The number of carboxylic acids is 2. The maximum absolute atomic E-state index is 12.6. The van der Waals surface area contributed by atoms with Gasteiger partial charge in [0, 0.05) is 36.3 Å². The van der Waals surface area contributed by atoms with Crippen LogP contribution in [0.1, 0.15) is 310 Å². The molecule has 9 fully saturated rings. The lowest BCUT2D eigenvalue weighted by atomic mass is 9.57. The molecule has 0 aromatic carbocycles. The van der Waals surface area contributed by atoms with Crippen molar-refractivity contribution < 1.29 is 19.8 Å². The minimum atomic E-state index is -0.556. The minimum absolute atomic E-state index is 0.150. The highest BCUT2D eigenvalue weighted by atomic mass is 16.4. The molecule has 0 saturated heterocycles. The number of carbonyl (C=O) groups is 2. The molecule has 0 aliphatic heterocycles. The van der Waals surface area contributed by atoms with E-state index in [1.807, 2.05) is 0 Å². The summed E-state index contributed by atoms with van der Waals surface area (Å²) in [5.74, 6) is 7.93. The standard InChI is InChI=1S/C69H120N2O4/c1-5-7-9-11-13-15-43-69(44-16-14-12-10-8-6-2)65-45-50(4)25-41-63(65)64-42-32-54(48-66(64)69)53-30-39-60(40-31-53)71(62-22-18-20-56(47-62)68(74)75)59-37-28-52(29-38-59)51-26-35-58(36-27-51)70(57-33-23-49(3)24-34-57)61-21-17-19-55(46-61)67(72)73/h49-66H,5-48H2,1-4H3,(H,72,73)(H,74,75). The second-order valence-electron chi connectivity index (χ2n) is 29.5. The highest BCUT2D eigenvalue weighted by molar-refractivity contribution is 5.70. The van der Waals surface area contributed by atoms with E-state index in [1.54, 1.807) is 32.1 Å². The first-order valence-corrected chi connectivity index (χ1v) is 34.6. The van der Waals surface area contributed by atoms with Crippen LogP contribution in [-0.2, 0) is 9.59 Å². The third kappa shape index (κ3) is 14.5. The lowest BCUT2D eigenvalue weighted by Gasteiger charge is -2.52. The van der Waals surface area contributed by atoms with E-state index in [9.17, 15) is 19.8 Å². The van der Waals surface area contributed by atoms with E-state index in [0.717, 1.165) is 97.7 Å². The fourth-order valence-electron chi connectivity index (χ4n) is 21.3. The van der Waals surface area contributed by atoms with Crippen molar-refractivity contribution in [1.29, 1.82) is 0 Å². The first kappa shape index (κ1) is 58.5. The summed E-state index contributed by atoms with van der Waals surface area (Å²) in [5, 5.41) is 20.5. The van der Waals surface area contributed by atoms with Crippen LogP contribution in [0.25, 0.3) is 0 Å². The van der Waals surface area contributed by atoms with Gasteiger partial charge in [-0.05, 0) is 251 Å². The van der Waals surface area contributed by atoms with E-state index in [-0.39, 0.29) is 11.8 Å². The summed E-state index contributed by atoms with van der Waals surface area (Å²) in [4.78, 5) is 30.9. The Bertz CT molecular complexity index is 1670. The maximum atomic E-state index is 12.6. The van der Waals surface area contributed by atoms with Gasteiger partial charge in [0.1, 0.15) is 0 Å². The Morgan fingerprint density at radius 3 is 1.17 bits per heavy atom. The molecule has 9 aliphatic rings. The highest BCUT2D eigenvalue weighted by Crippen LogP contribution is 2.69. The van der Waals surface area contributed by atoms with Gasteiger partial charge in [-0.2, -0.15) is 0 Å². The maximum Gasteiger partial charge on any atom is 0.306 e. The summed E-state index contributed by atoms with van der Waals surface area (Å²) < 4.78 is 0.